The molecule has 2 aromatic rings. The van der Waals surface area contributed by atoms with Gasteiger partial charge in [-0.25, -0.2) is 0 Å². The Morgan fingerprint density at radius 1 is 1.16 bits per heavy atom. The summed E-state index contributed by atoms with van der Waals surface area (Å²) in [6, 6.07) is 11.4. The Morgan fingerprint density at radius 2 is 1.84 bits per heavy atom. The number of carbonyl (C=O) groups is 1. The minimum atomic E-state index is -0.226. The van der Waals surface area contributed by atoms with Crippen LogP contribution in [0.4, 0.5) is 0 Å². The lowest BCUT2D eigenvalue weighted by Crippen LogP contribution is -2.23. The van der Waals surface area contributed by atoms with E-state index in [0.717, 1.165) is 5.56 Å². The SMILES string of the molecule is Cc1ccc(CCC(=O)c2cccn(C)c2=O)cc1. The Labute approximate surface area is 112 Å². The third-order valence-corrected chi connectivity index (χ3v) is 3.19. The first-order valence-electron chi connectivity index (χ1n) is 6.32. The van der Waals surface area contributed by atoms with Crippen LogP contribution in [0.1, 0.15) is 27.9 Å². The van der Waals surface area contributed by atoms with Crippen molar-refractivity contribution < 1.29 is 4.79 Å². The summed E-state index contributed by atoms with van der Waals surface area (Å²) < 4.78 is 1.43. The van der Waals surface area contributed by atoms with E-state index in [1.165, 1.54) is 10.1 Å². The van der Waals surface area contributed by atoms with Crippen molar-refractivity contribution in [2.24, 2.45) is 7.05 Å². The summed E-state index contributed by atoms with van der Waals surface area (Å²) in [6.45, 7) is 2.03. The highest BCUT2D eigenvalue weighted by molar-refractivity contribution is 5.95. The van der Waals surface area contributed by atoms with Crippen LogP contribution >= 0.6 is 0 Å². The number of aryl methyl sites for hydroxylation is 3. The normalized spacial score (nSPS) is 10.4. The maximum Gasteiger partial charge on any atom is 0.261 e. The number of hydrogen-bond donors (Lipinski definition) is 0. The van der Waals surface area contributed by atoms with Crippen LogP contribution in [0.2, 0.25) is 0 Å². The average molecular weight is 255 g/mol. The smallest absolute Gasteiger partial charge is 0.261 e. The molecule has 0 spiro atoms. The van der Waals surface area contributed by atoms with Gasteiger partial charge in [0.15, 0.2) is 5.78 Å². The maximum atomic E-state index is 12.0. The predicted molar refractivity (Wildman–Crippen MR) is 75.5 cm³/mol. The molecule has 19 heavy (non-hydrogen) atoms. The lowest BCUT2D eigenvalue weighted by atomic mass is 10.0. The molecule has 0 saturated carbocycles. The zero-order valence-corrected chi connectivity index (χ0v) is 11.2. The number of carbonyl (C=O) groups excluding carboxylic acids is 1. The van der Waals surface area contributed by atoms with Gasteiger partial charge in [0.2, 0.25) is 0 Å². The lowest BCUT2D eigenvalue weighted by molar-refractivity contribution is 0.0981. The molecule has 98 valence electrons. The number of hydrogen-bond acceptors (Lipinski definition) is 2. The molecule has 0 bridgehead atoms. The fourth-order valence-corrected chi connectivity index (χ4v) is 1.96. The second kappa shape index (κ2) is 5.65. The van der Waals surface area contributed by atoms with Crippen molar-refractivity contribution in [3.63, 3.8) is 0 Å². The molecule has 0 radical (unpaired) electrons. The van der Waals surface area contributed by atoms with Crippen molar-refractivity contribution in [1.82, 2.24) is 4.57 Å². The van der Waals surface area contributed by atoms with Crippen LogP contribution in [-0.4, -0.2) is 10.4 Å². The molecule has 1 heterocycles. The van der Waals surface area contributed by atoms with Crippen LogP contribution in [0.25, 0.3) is 0 Å². The number of pyridine rings is 1. The van der Waals surface area contributed by atoms with Gasteiger partial charge in [0.1, 0.15) is 0 Å². The van der Waals surface area contributed by atoms with Gasteiger partial charge in [0, 0.05) is 19.7 Å². The van der Waals surface area contributed by atoms with Gasteiger partial charge >= 0.3 is 0 Å². The van der Waals surface area contributed by atoms with Crippen LogP contribution in [0.15, 0.2) is 47.4 Å². The minimum Gasteiger partial charge on any atom is -0.318 e. The summed E-state index contributed by atoms with van der Waals surface area (Å²) in [5.74, 6) is -0.0956. The number of aromatic nitrogens is 1. The lowest BCUT2D eigenvalue weighted by Gasteiger charge is -2.03. The number of rotatable bonds is 4. The van der Waals surface area contributed by atoms with E-state index in [1.807, 2.05) is 31.2 Å². The summed E-state index contributed by atoms with van der Waals surface area (Å²) in [7, 11) is 1.65. The molecular formula is C16H17NO2. The monoisotopic (exact) mass is 255 g/mol. The zero-order valence-electron chi connectivity index (χ0n) is 11.2. The quantitative estimate of drug-likeness (QED) is 0.787. The summed E-state index contributed by atoms with van der Waals surface area (Å²) in [6.07, 6.45) is 2.68. The van der Waals surface area contributed by atoms with E-state index in [9.17, 15) is 9.59 Å². The standard InChI is InChI=1S/C16H17NO2/c1-12-5-7-13(8-6-12)9-10-15(18)14-4-3-11-17(2)16(14)19/h3-8,11H,9-10H2,1-2H3. The molecule has 0 unspecified atom stereocenters. The highest BCUT2D eigenvalue weighted by Crippen LogP contribution is 2.08. The Kier molecular flexibility index (Phi) is 3.95. The molecule has 0 amide bonds. The molecule has 0 fully saturated rings. The van der Waals surface area contributed by atoms with Gasteiger partial charge in [-0.1, -0.05) is 29.8 Å². The number of Topliss-reactive ketones (excluding diaryl/α,β-unsaturated/α-hetero) is 1. The summed E-state index contributed by atoms with van der Waals surface area (Å²) in [5.41, 5.74) is 2.37. The van der Waals surface area contributed by atoms with Gasteiger partial charge in [-0.3, -0.25) is 9.59 Å². The Morgan fingerprint density at radius 3 is 2.53 bits per heavy atom. The van der Waals surface area contributed by atoms with Gasteiger partial charge < -0.3 is 4.57 Å². The highest BCUT2D eigenvalue weighted by Gasteiger charge is 2.10. The van der Waals surface area contributed by atoms with Crippen LogP contribution in [0.5, 0.6) is 0 Å². The third-order valence-electron chi connectivity index (χ3n) is 3.19. The van der Waals surface area contributed by atoms with Crippen molar-refractivity contribution in [3.05, 3.63) is 69.6 Å². The van der Waals surface area contributed by atoms with Crippen molar-refractivity contribution in [2.75, 3.05) is 0 Å². The first-order chi connectivity index (χ1) is 9.08. The van der Waals surface area contributed by atoms with E-state index in [2.05, 4.69) is 0 Å². The third kappa shape index (κ3) is 3.19. The number of nitrogens with zero attached hydrogens (tertiary/aromatic N) is 1. The van der Waals surface area contributed by atoms with Gasteiger partial charge in [-0.2, -0.15) is 0 Å². The Hall–Kier alpha value is -2.16. The van der Waals surface area contributed by atoms with Crippen LogP contribution in [-0.2, 0) is 13.5 Å². The van der Waals surface area contributed by atoms with Crippen molar-refractivity contribution in [2.45, 2.75) is 19.8 Å². The van der Waals surface area contributed by atoms with Crippen LogP contribution in [0.3, 0.4) is 0 Å². The molecular weight excluding hydrogens is 238 g/mol. The molecule has 0 aliphatic carbocycles. The number of benzene rings is 1. The van der Waals surface area contributed by atoms with E-state index in [4.69, 9.17) is 0 Å². The second-order valence-corrected chi connectivity index (χ2v) is 4.75. The van der Waals surface area contributed by atoms with Gasteiger partial charge in [0.05, 0.1) is 5.56 Å². The van der Waals surface area contributed by atoms with Crippen molar-refractivity contribution in [1.29, 1.82) is 0 Å². The predicted octanol–water partition coefficient (Wildman–Crippen LogP) is 2.51. The first kappa shape index (κ1) is 13.3. The fourth-order valence-electron chi connectivity index (χ4n) is 1.96. The summed E-state index contributed by atoms with van der Waals surface area (Å²) in [5, 5.41) is 0. The van der Waals surface area contributed by atoms with Crippen molar-refractivity contribution >= 4 is 5.78 Å². The summed E-state index contributed by atoms with van der Waals surface area (Å²) in [4.78, 5) is 23.9. The largest absolute Gasteiger partial charge is 0.318 e. The Balaban J connectivity index is 2.07. The molecule has 0 N–H and O–H groups in total. The topological polar surface area (TPSA) is 39.1 Å². The highest BCUT2D eigenvalue weighted by atomic mass is 16.1. The fraction of sp³-hybridized carbons (Fsp3) is 0.250. The zero-order chi connectivity index (χ0) is 13.8. The van der Waals surface area contributed by atoms with Crippen molar-refractivity contribution in [3.8, 4) is 0 Å². The van der Waals surface area contributed by atoms with Gasteiger partial charge in [-0.15, -0.1) is 0 Å². The molecule has 1 aromatic heterocycles. The first-order valence-corrected chi connectivity index (χ1v) is 6.32. The van der Waals surface area contributed by atoms with E-state index >= 15 is 0 Å². The molecule has 0 saturated heterocycles. The van der Waals surface area contributed by atoms with E-state index < -0.39 is 0 Å². The Bertz CT molecular complexity index is 639. The molecule has 0 atom stereocenters. The van der Waals surface area contributed by atoms with E-state index in [-0.39, 0.29) is 16.9 Å². The summed E-state index contributed by atoms with van der Waals surface area (Å²) >= 11 is 0. The molecule has 3 nitrogen and oxygen atoms in total. The molecule has 3 heteroatoms. The maximum absolute atomic E-state index is 12.0. The van der Waals surface area contributed by atoms with Gasteiger partial charge in [0.25, 0.3) is 5.56 Å². The second-order valence-electron chi connectivity index (χ2n) is 4.75. The molecule has 0 aliphatic rings. The van der Waals surface area contributed by atoms with Crippen LogP contribution in [0, 0.1) is 6.92 Å². The number of ketones is 1. The van der Waals surface area contributed by atoms with E-state index in [1.54, 1.807) is 25.4 Å². The van der Waals surface area contributed by atoms with Gasteiger partial charge in [-0.05, 0) is 31.0 Å². The molecule has 0 aliphatic heterocycles. The van der Waals surface area contributed by atoms with Crippen LogP contribution < -0.4 is 5.56 Å². The average Bonchev–Trinajstić information content (AvgIpc) is 2.41. The molecule has 2 rings (SSSR count). The van der Waals surface area contributed by atoms with E-state index in [0.29, 0.717) is 12.8 Å². The molecule has 1 aromatic carbocycles. The minimum absolute atomic E-state index is 0.0956.